The van der Waals surface area contributed by atoms with Crippen molar-refractivity contribution in [3.05, 3.63) is 23.8 Å². The fourth-order valence-electron chi connectivity index (χ4n) is 3.34. The molecule has 0 aromatic heterocycles. The number of hydrogen-bond acceptors (Lipinski definition) is 2. The van der Waals surface area contributed by atoms with E-state index >= 15 is 0 Å². The van der Waals surface area contributed by atoms with Crippen molar-refractivity contribution in [1.29, 1.82) is 0 Å². The van der Waals surface area contributed by atoms with Crippen molar-refractivity contribution < 1.29 is 9.53 Å². The number of fused-ring (bicyclic) bond motifs is 3. The third kappa shape index (κ3) is 2.29. The second kappa shape index (κ2) is 5.00. The monoisotopic (exact) mass is 262 g/mol. The molecule has 0 radical (unpaired) electrons. The van der Waals surface area contributed by atoms with Crippen molar-refractivity contribution in [2.24, 2.45) is 0 Å². The number of amides is 2. The maximum atomic E-state index is 12.6. The van der Waals surface area contributed by atoms with Gasteiger partial charge in [-0.15, -0.1) is 0 Å². The SMILES string of the molecule is C=CC1=C(C)CN(C(=O)N2CC3CCC2CO3)CC1. The lowest BCUT2D eigenvalue weighted by Gasteiger charge is -2.47. The fourth-order valence-corrected chi connectivity index (χ4v) is 3.34. The average molecular weight is 262 g/mol. The Morgan fingerprint density at radius 1 is 1.47 bits per heavy atom. The summed E-state index contributed by atoms with van der Waals surface area (Å²) in [6.45, 7) is 8.99. The van der Waals surface area contributed by atoms with Gasteiger partial charge >= 0.3 is 6.03 Å². The molecule has 4 heteroatoms. The van der Waals surface area contributed by atoms with Gasteiger partial charge in [0.15, 0.2) is 0 Å². The highest BCUT2D eigenvalue weighted by molar-refractivity contribution is 5.76. The third-order valence-electron chi connectivity index (χ3n) is 4.58. The van der Waals surface area contributed by atoms with E-state index in [1.807, 2.05) is 15.9 Å². The molecule has 0 aromatic carbocycles. The third-order valence-corrected chi connectivity index (χ3v) is 4.58. The van der Waals surface area contributed by atoms with Gasteiger partial charge in [0.05, 0.1) is 18.8 Å². The Balaban J connectivity index is 1.68. The summed E-state index contributed by atoms with van der Waals surface area (Å²) in [7, 11) is 0. The Labute approximate surface area is 114 Å². The summed E-state index contributed by atoms with van der Waals surface area (Å²) in [6, 6.07) is 0.489. The van der Waals surface area contributed by atoms with Crippen molar-refractivity contribution in [2.75, 3.05) is 26.2 Å². The first kappa shape index (κ1) is 12.7. The van der Waals surface area contributed by atoms with Crippen LogP contribution in [0.2, 0.25) is 0 Å². The first-order valence-electron chi connectivity index (χ1n) is 7.17. The number of hydrogen-bond donors (Lipinski definition) is 0. The Morgan fingerprint density at radius 2 is 2.32 bits per heavy atom. The zero-order valence-corrected chi connectivity index (χ0v) is 11.6. The lowest BCUT2D eigenvalue weighted by molar-refractivity contribution is -0.0918. The molecule has 2 amide bonds. The van der Waals surface area contributed by atoms with Crippen molar-refractivity contribution in [3.8, 4) is 0 Å². The van der Waals surface area contributed by atoms with E-state index < -0.39 is 0 Å². The van der Waals surface area contributed by atoms with Crippen LogP contribution in [0.15, 0.2) is 23.8 Å². The van der Waals surface area contributed by atoms with Gasteiger partial charge in [-0.3, -0.25) is 0 Å². The molecule has 0 N–H and O–H groups in total. The van der Waals surface area contributed by atoms with Gasteiger partial charge in [0, 0.05) is 19.6 Å². The fraction of sp³-hybridized carbons (Fsp3) is 0.667. The molecular formula is C15H22N2O2. The second-order valence-electron chi connectivity index (χ2n) is 5.80. The number of rotatable bonds is 1. The molecule has 4 heterocycles. The molecule has 2 bridgehead atoms. The Bertz CT molecular complexity index is 422. The topological polar surface area (TPSA) is 32.8 Å². The van der Waals surface area contributed by atoms with Crippen LogP contribution in [-0.2, 0) is 4.74 Å². The number of ether oxygens (including phenoxy) is 1. The molecule has 19 heavy (non-hydrogen) atoms. The lowest BCUT2D eigenvalue weighted by atomic mass is 9.97. The number of piperidine rings is 1. The molecule has 0 aliphatic carbocycles. The summed E-state index contributed by atoms with van der Waals surface area (Å²) in [5.41, 5.74) is 2.57. The Morgan fingerprint density at radius 3 is 2.84 bits per heavy atom. The maximum Gasteiger partial charge on any atom is 0.320 e. The average Bonchev–Trinajstić information content (AvgIpc) is 2.47. The van der Waals surface area contributed by atoms with Gasteiger partial charge in [-0.2, -0.15) is 0 Å². The minimum Gasteiger partial charge on any atom is -0.374 e. The molecule has 0 saturated carbocycles. The summed E-state index contributed by atoms with van der Waals surface area (Å²) in [5.74, 6) is 0. The molecule has 2 unspecified atom stereocenters. The van der Waals surface area contributed by atoms with Crippen LogP contribution in [0, 0.1) is 0 Å². The van der Waals surface area contributed by atoms with Crippen molar-refractivity contribution in [2.45, 2.75) is 38.3 Å². The number of carbonyl (C=O) groups is 1. The van der Waals surface area contributed by atoms with E-state index in [1.165, 1.54) is 11.1 Å². The normalized spacial score (nSPS) is 30.8. The van der Waals surface area contributed by atoms with Gasteiger partial charge in [-0.05, 0) is 31.8 Å². The summed E-state index contributed by atoms with van der Waals surface area (Å²) in [4.78, 5) is 16.6. The van der Waals surface area contributed by atoms with Crippen LogP contribution in [0.4, 0.5) is 4.79 Å². The smallest absolute Gasteiger partial charge is 0.320 e. The van der Waals surface area contributed by atoms with E-state index in [2.05, 4.69) is 13.5 Å². The lowest BCUT2D eigenvalue weighted by Crippen LogP contribution is -2.60. The van der Waals surface area contributed by atoms with Crippen LogP contribution in [0.3, 0.4) is 0 Å². The summed E-state index contributed by atoms with van der Waals surface area (Å²) < 4.78 is 5.67. The first-order valence-corrected chi connectivity index (χ1v) is 7.17. The molecule has 4 aliphatic heterocycles. The molecule has 4 nitrogen and oxygen atoms in total. The number of morpholine rings is 1. The molecule has 0 spiro atoms. The van der Waals surface area contributed by atoms with Gasteiger partial charge in [0.2, 0.25) is 0 Å². The quantitative estimate of drug-likeness (QED) is 0.725. The van der Waals surface area contributed by atoms with Gasteiger partial charge in [0.1, 0.15) is 0 Å². The van der Waals surface area contributed by atoms with Gasteiger partial charge in [0.25, 0.3) is 0 Å². The van der Waals surface area contributed by atoms with Gasteiger partial charge < -0.3 is 14.5 Å². The summed E-state index contributed by atoms with van der Waals surface area (Å²) in [6.07, 6.45) is 5.32. The number of carbonyl (C=O) groups excluding carboxylic acids is 1. The van der Waals surface area contributed by atoms with Gasteiger partial charge in [-0.1, -0.05) is 18.2 Å². The molecule has 4 rings (SSSR count). The van der Waals surface area contributed by atoms with Crippen LogP contribution < -0.4 is 0 Å². The maximum absolute atomic E-state index is 12.6. The van der Waals surface area contributed by atoms with Crippen LogP contribution in [0.25, 0.3) is 0 Å². The van der Waals surface area contributed by atoms with E-state index in [0.717, 1.165) is 45.5 Å². The Kier molecular flexibility index (Phi) is 3.35. The predicted octanol–water partition coefficient (Wildman–Crippen LogP) is 2.18. The van der Waals surface area contributed by atoms with E-state index in [1.54, 1.807) is 0 Å². The minimum atomic E-state index is 0.195. The standard InChI is InChI=1S/C15H22N2O2/c1-3-12-6-7-16(8-11(12)2)15(18)17-9-14-5-4-13(17)10-19-14/h3,13-14H,1,4-10H2,2H3. The second-order valence-corrected chi connectivity index (χ2v) is 5.80. The number of nitrogens with zero attached hydrogens (tertiary/aromatic N) is 2. The van der Waals surface area contributed by atoms with E-state index in [9.17, 15) is 4.79 Å². The minimum absolute atomic E-state index is 0.195. The van der Waals surface area contributed by atoms with Crippen molar-refractivity contribution in [3.63, 3.8) is 0 Å². The molecule has 4 aliphatic rings. The van der Waals surface area contributed by atoms with Crippen LogP contribution in [-0.4, -0.2) is 54.2 Å². The van der Waals surface area contributed by atoms with Crippen LogP contribution >= 0.6 is 0 Å². The van der Waals surface area contributed by atoms with E-state index in [0.29, 0.717) is 6.04 Å². The van der Waals surface area contributed by atoms with Crippen LogP contribution in [0.1, 0.15) is 26.2 Å². The zero-order chi connectivity index (χ0) is 13.4. The predicted molar refractivity (Wildman–Crippen MR) is 74.0 cm³/mol. The highest BCUT2D eigenvalue weighted by Crippen LogP contribution is 2.28. The molecule has 3 saturated heterocycles. The first-order chi connectivity index (χ1) is 9.19. The summed E-state index contributed by atoms with van der Waals surface area (Å²) in [5, 5.41) is 0. The Hall–Kier alpha value is -1.29. The molecule has 0 aromatic rings. The zero-order valence-electron chi connectivity index (χ0n) is 11.6. The highest BCUT2D eigenvalue weighted by atomic mass is 16.5. The molecular weight excluding hydrogens is 240 g/mol. The largest absolute Gasteiger partial charge is 0.374 e. The number of allylic oxidation sites excluding steroid dienone is 1. The molecule has 2 atom stereocenters. The molecule has 104 valence electrons. The van der Waals surface area contributed by atoms with E-state index in [4.69, 9.17) is 4.74 Å². The number of urea groups is 1. The van der Waals surface area contributed by atoms with Crippen LogP contribution in [0.5, 0.6) is 0 Å². The van der Waals surface area contributed by atoms with Crippen molar-refractivity contribution in [1.82, 2.24) is 9.80 Å². The van der Waals surface area contributed by atoms with E-state index in [-0.39, 0.29) is 12.1 Å². The summed E-state index contributed by atoms with van der Waals surface area (Å²) >= 11 is 0. The molecule has 3 fully saturated rings. The van der Waals surface area contributed by atoms with Gasteiger partial charge in [-0.25, -0.2) is 4.79 Å². The van der Waals surface area contributed by atoms with Crippen molar-refractivity contribution >= 4 is 6.03 Å². The highest BCUT2D eigenvalue weighted by Gasteiger charge is 2.39.